The molecule has 78 valence electrons. The topological polar surface area (TPSA) is 26.0 Å². The van der Waals surface area contributed by atoms with E-state index in [0.717, 1.165) is 24.7 Å². The normalized spacial score (nSPS) is 30.5. The van der Waals surface area contributed by atoms with E-state index in [1.54, 1.807) is 0 Å². The van der Waals surface area contributed by atoms with Gasteiger partial charge in [0.25, 0.3) is 0 Å². The molecule has 2 atom stereocenters. The van der Waals surface area contributed by atoms with Crippen LogP contribution < -0.4 is 5.73 Å². The fourth-order valence-corrected chi connectivity index (χ4v) is 2.78. The van der Waals surface area contributed by atoms with Crippen molar-refractivity contribution in [2.75, 3.05) is 0 Å². The largest absolute Gasteiger partial charge is 0.325 e. The zero-order valence-corrected chi connectivity index (χ0v) is 9.47. The minimum atomic E-state index is 0.134. The first-order chi connectivity index (χ1) is 6.12. The molecule has 0 aromatic rings. The summed E-state index contributed by atoms with van der Waals surface area (Å²) in [6.07, 6.45) is 7.81. The van der Waals surface area contributed by atoms with E-state index < -0.39 is 0 Å². The van der Waals surface area contributed by atoms with E-state index in [1.807, 2.05) is 0 Å². The molecule has 2 unspecified atom stereocenters. The van der Waals surface area contributed by atoms with Crippen LogP contribution in [-0.2, 0) is 0 Å². The van der Waals surface area contributed by atoms with Gasteiger partial charge in [-0.1, -0.05) is 33.6 Å². The van der Waals surface area contributed by atoms with Crippen LogP contribution in [0.25, 0.3) is 0 Å². The summed E-state index contributed by atoms with van der Waals surface area (Å²) in [4.78, 5) is 0. The molecule has 0 radical (unpaired) electrons. The van der Waals surface area contributed by atoms with E-state index in [9.17, 15) is 0 Å². The predicted octanol–water partition coefficient (Wildman–Crippen LogP) is 3.33. The summed E-state index contributed by atoms with van der Waals surface area (Å²) < 4.78 is 0. The third-order valence-electron chi connectivity index (χ3n) is 4.07. The van der Waals surface area contributed by atoms with Crippen LogP contribution in [0, 0.1) is 11.8 Å². The van der Waals surface area contributed by atoms with Crippen LogP contribution in [-0.4, -0.2) is 5.54 Å². The van der Waals surface area contributed by atoms with Gasteiger partial charge in [0.1, 0.15) is 0 Å². The summed E-state index contributed by atoms with van der Waals surface area (Å²) in [5.41, 5.74) is 6.57. The second kappa shape index (κ2) is 4.45. The molecular formula is C12H25N. The van der Waals surface area contributed by atoms with Gasteiger partial charge in [-0.15, -0.1) is 0 Å². The Hall–Kier alpha value is -0.0400. The standard InChI is InChI=1S/C12H25N/c1-4-12(13,5-2)11-8-6-7-10(3)9-11/h10-11H,4-9,13H2,1-3H3. The molecule has 1 saturated carbocycles. The molecule has 0 aromatic carbocycles. The number of nitrogens with two attached hydrogens (primary N) is 1. The molecule has 0 aromatic heterocycles. The molecule has 0 amide bonds. The van der Waals surface area contributed by atoms with Crippen LogP contribution in [0.4, 0.5) is 0 Å². The fourth-order valence-electron chi connectivity index (χ4n) is 2.78. The second-order valence-electron chi connectivity index (χ2n) is 4.91. The zero-order chi connectivity index (χ0) is 9.90. The van der Waals surface area contributed by atoms with Crippen molar-refractivity contribution < 1.29 is 0 Å². The number of hydrogen-bond donors (Lipinski definition) is 1. The SMILES string of the molecule is CCC(N)(CC)C1CCCC(C)C1. The van der Waals surface area contributed by atoms with Gasteiger partial charge in [-0.05, 0) is 37.5 Å². The van der Waals surface area contributed by atoms with Crippen molar-refractivity contribution in [3.05, 3.63) is 0 Å². The van der Waals surface area contributed by atoms with Gasteiger partial charge in [-0.3, -0.25) is 0 Å². The van der Waals surface area contributed by atoms with Crippen LogP contribution in [0.3, 0.4) is 0 Å². The Morgan fingerprint density at radius 3 is 2.31 bits per heavy atom. The van der Waals surface area contributed by atoms with Gasteiger partial charge < -0.3 is 5.73 Å². The maximum absolute atomic E-state index is 6.43. The molecule has 0 bridgehead atoms. The molecule has 13 heavy (non-hydrogen) atoms. The van der Waals surface area contributed by atoms with E-state index in [-0.39, 0.29) is 5.54 Å². The quantitative estimate of drug-likeness (QED) is 0.713. The predicted molar refractivity (Wildman–Crippen MR) is 58.6 cm³/mol. The Kier molecular flexibility index (Phi) is 3.78. The van der Waals surface area contributed by atoms with Crippen molar-refractivity contribution in [3.8, 4) is 0 Å². The highest BCUT2D eigenvalue weighted by Gasteiger charge is 2.33. The molecule has 1 rings (SSSR count). The van der Waals surface area contributed by atoms with Gasteiger partial charge in [0.05, 0.1) is 0 Å². The average molecular weight is 183 g/mol. The highest BCUT2D eigenvalue weighted by atomic mass is 14.8. The zero-order valence-electron chi connectivity index (χ0n) is 9.47. The molecule has 1 aliphatic rings. The molecule has 1 fully saturated rings. The van der Waals surface area contributed by atoms with Crippen molar-refractivity contribution >= 4 is 0 Å². The maximum Gasteiger partial charge on any atom is 0.0177 e. The van der Waals surface area contributed by atoms with Gasteiger partial charge in [0.2, 0.25) is 0 Å². The molecule has 1 aliphatic carbocycles. The van der Waals surface area contributed by atoms with Gasteiger partial charge in [0, 0.05) is 5.54 Å². The van der Waals surface area contributed by atoms with Gasteiger partial charge >= 0.3 is 0 Å². The highest BCUT2D eigenvalue weighted by Crippen LogP contribution is 2.37. The smallest absolute Gasteiger partial charge is 0.0177 e. The van der Waals surface area contributed by atoms with Crippen molar-refractivity contribution in [2.24, 2.45) is 17.6 Å². The Morgan fingerprint density at radius 1 is 1.23 bits per heavy atom. The average Bonchev–Trinajstić information content (AvgIpc) is 2.17. The van der Waals surface area contributed by atoms with Gasteiger partial charge in [-0.25, -0.2) is 0 Å². The summed E-state index contributed by atoms with van der Waals surface area (Å²) in [6.45, 7) is 6.85. The van der Waals surface area contributed by atoms with Crippen LogP contribution >= 0.6 is 0 Å². The molecule has 0 heterocycles. The second-order valence-corrected chi connectivity index (χ2v) is 4.91. The lowest BCUT2D eigenvalue weighted by Crippen LogP contribution is -2.47. The highest BCUT2D eigenvalue weighted by molar-refractivity contribution is 4.91. The molecular weight excluding hydrogens is 158 g/mol. The van der Waals surface area contributed by atoms with Gasteiger partial charge in [-0.2, -0.15) is 0 Å². The Labute approximate surface area is 83.1 Å². The Balaban J connectivity index is 2.57. The first-order valence-electron chi connectivity index (χ1n) is 5.91. The van der Waals surface area contributed by atoms with Crippen molar-refractivity contribution in [1.82, 2.24) is 0 Å². The molecule has 1 heteroatoms. The molecule has 0 saturated heterocycles. The van der Waals surface area contributed by atoms with Crippen LogP contribution in [0.2, 0.25) is 0 Å². The van der Waals surface area contributed by atoms with Crippen LogP contribution in [0.15, 0.2) is 0 Å². The van der Waals surface area contributed by atoms with Crippen molar-refractivity contribution in [3.63, 3.8) is 0 Å². The summed E-state index contributed by atoms with van der Waals surface area (Å²) in [7, 11) is 0. The monoisotopic (exact) mass is 183 g/mol. The summed E-state index contributed by atoms with van der Waals surface area (Å²) >= 11 is 0. The van der Waals surface area contributed by atoms with Crippen LogP contribution in [0.1, 0.15) is 59.3 Å². The fraction of sp³-hybridized carbons (Fsp3) is 1.00. The van der Waals surface area contributed by atoms with E-state index >= 15 is 0 Å². The first kappa shape index (κ1) is 11.0. The number of hydrogen-bond acceptors (Lipinski definition) is 1. The maximum atomic E-state index is 6.43. The van der Waals surface area contributed by atoms with E-state index in [1.165, 1.54) is 25.7 Å². The summed E-state index contributed by atoms with van der Waals surface area (Å²) in [6, 6.07) is 0. The summed E-state index contributed by atoms with van der Waals surface area (Å²) in [5, 5.41) is 0. The lowest BCUT2D eigenvalue weighted by atomic mass is 9.70. The minimum absolute atomic E-state index is 0.134. The van der Waals surface area contributed by atoms with Crippen molar-refractivity contribution in [1.29, 1.82) is 0 Å². The Morgan fingerprint density at radius 2 is 1.85 bits per heavy atom. The lowest BCUT2D eigenvalue weighted by Gasteiger charge is -2.40. The lowest BCUT2D eigenvalue weighted by molar-refractivity contribution is 0.161. The molecule has 2 N–H and O–H groups in total. The van der Waals surface area contributed by atoms with Gasteiger partial charge in [0.15, 0.2) is 0 Å². The first-order valence-corrected chi connectivity index (χ1v) is 5.91. The molecule has 0 aliphatic heterocycles. The molecule has 1 nitrogen and oxygen atoms in total. The van der Waals surface area contributed by atoms with E-state index in [0.29, 0.717) is 0 Å². The van der Waals surface area contributed by atoms with Crippen molar-refractivity contribution in [2.45, 2.75) is 64.8 Å². The Bertz CT molecular complexity index is 149. The van der Waals surface area contributed by atoms with E-state index in [2.05, 4.69) is 20.8 Å². The third kappa shape index (κ3) is 2.46. The number of rotatable bonds is 3. The van der Waals surface area contributed by atoms with E-state index in [4.69, 9.17) is 5.73 Å². The molecule has 0 spiro atoms. The minimum Gasteiger partial charge on any atom is -0.325 e. The van der Waals surface area contributed by atoms with Crippen LogP contribution in [0.5, 0.6) is 0 Å². The summed E-state index contributed by atoms with van der Waals surface area (Å²) in [5.74, 6) is 1.69. The third-order valence-corrected chi connectivity index (χ3v) is 4.07.